The standard InChI is InChI=1S/C25H21ClO4/c1-17-15-22-20(16-21(17)26)23(27)25(24(30-22)18-9-4-2-5-10-18)29-14-8-13-28-19-11-6-3-7-12-19/h2-7,9-12,15-16H,8,13-14H2,1H3. The van der Waals surface area contributed by atoms with Crippen molar-refractivity contribution in [2.24, 2.45) is 0 Å². The first-order chi connectivity index (χ1) is 14.6. The van der Waals surface area contributed by atoms with E-state index in [0.29, 0.717) is 41.4 Å². The Morgan fingerprint density at radius 2 is 1.57 bits per heavy atom. The van der Waals surface area contributed by atoms with E-state index < -0.39 is 0 Å². The second-order valence-electron chi connectivity index (χ2n) is 6.92. The van der Waals surface area contributed by atoms with Gasteiger partial charge in [0.1, 0.15) is 11.3 Å². The van der Waals surface area contributed by atoms with E-state index in [4.69, 9.17) is 25.5 Å². The molecule has 0 bridgehead atoms. The minimum absolute atomic E-state index is 0.188. The molecule has 0 aliphatic carbocycles. The normalized spacial score (nSPS) is 10.9. The van der Waals surface area contributed by atoms with Crippen LogP contribution in [-0.2, 0) is 0 Å². The molecule has 0 saturated carbocycles. The fourth-order valence-corrected chi connectivity index (χ4v) is 3.31. The fourth-order valence-electron chi connectivity index (χ4n) is 3.15. The molecule has 0 N–H and O–H groups in total. The van der Waals surface area contributed by atoms with E-state index in [-0.39, 0.29) is 11.2 Å². The number of para-hydroxylation sites is 1. The highest BCUT2D eigenvalue weighted by molar-refractivity contribution is 6.32. The van der Waals surface area contributed by atoms with Gasteiger partial charge in [0.25, 0.3) is 0 Å². The van der Waals surface area contributed by atoms with Crippen LogP contribution in [0.1, 0.15) is 12.0 Å². The Morgan fingerprint density at radius 3 is 2.30 bits per heavy atom. The molecule has 1 aromatic heterocycles. The predicted molar refractivity (Wildman–Crippen MR) is 120 cm³/mol. The van der Waals surface area contributed by atoms with Gasteiger partial charge in [-0.25, -0.2) is 0 Å². The van der Waals surface area contributed by atoms with Gasteiger partial charge < -0.3 is 13.9 Å². The summed E-state index contributed by atoms with van der Waals surface area (Å²) >= 11 is 6.23. The molecule has 0 spiro atoms. The molecule has 0 saturated heterocycles. The van der Waals surface area contributed by atoms with Gasteiger partial charge >= 0.3 is 0 Å². The van der Waals surface area contributed by atoms with Gasteiger partial charge in [-0.05, 0) is 36.8 Å². The highest BCUT2D eigenvalue weighted by Gasteiger charge is 2.18. The van der Waals surface area contributed by atoms with Gasteiger partial charge in [-0.15, -0.1) is 0 Å². The lowest BCUT2D eigenvalue weighted by atomic mass is 10.1. The first kappa shape index (κ1) is 20.0. The zero-order valence-corrected chi connectivity index (χ0v) is 17.3. The zero-order valence-electron chi connectivity index (χ0n) is 16.6. The van der Waals surface area contributed by atoms with E-state index >= 15 is 0 Å². The van der Waals surface area contributed by atoms with Crippen molar-refractivity contribution in [3.63, 3.8) is 0 Å². The Morgan fingerprint density at radius 1 is 0.900 bits per heavy atom. The number of hydrogen-bond acceptors (Lipinski definition) is 4. The lowest BCUT2D eigenvalue weighted by Crippen LogP contribution is -2.13. The molecule has 4 rings (SSSR count). The van der Waals surface area contributed by atoms with Crippen LogP contribution in [0.3, 0.4) is 0 Å². The summed E-state index contributed by atoms with van der Waals surface area (Å²) in [6.45, 7) is 2.68. The maximum atomic E-state index is 13.2. The summed E-state index contributed by atoms with van der Waals surface area (Å²) in [5, 5.41) is 0.922. The molecule has 30 heavy (non-hydrogen) atoms. The van der Waals surface area contributed by atoms with Crippen LogP contribution in [0, 0.1) is 6.92 Å². The average molecular weight is 421 g/mol. The summed E-state index contributed by atoms with van der Waals surface area (Å²) in [4.78, 5) is 13.2. The molecule has 0 aliphatic rings. The highest BCUT2D eigenvalue weighted by atomic mass is 35.5. The average Bonchev–Trinajstić information content (AvgIpc) is 2.77. The number of aryl methyl sites for hydroxylation is 1. The minimum atomic E-state index is -0.235. The summed E-state index contributed by atoms with van der Waals surface area (Å²) in [7, 11) is 0. The third kappa shape index (κ3) is 4.34. The monoisotopic (exact) mass is 420 g/mol. The van der Waals surface area contributed by atoms with Crippen molar-refractivity contribution in [1.82, 2.24) is 0 Å². The molecule has 0 radical (unpaired) electrons. The van der Waals surface area contributed by atoms with Crippen LogP contribution >= 0.6 is 11.6 Å². The van der Waals surface area contributed by atoms with Crippen LogP contribution in [-0.4, -0.2) is 13.2 Å². The first-order valence-corrected chi connectivity index (χ1v) is 10.1. The molecule has 5 heteroatoms. The van der Waals surface area contributed by atoms with Crippen molar-refractivity contribution >= 4 is 22.6 Å². The van der Waals surface area contributed by atoms with E-state index in [9.17, 15) is 4.79 Å². The summed E-state index contributed by atoms with van der Waals surface area (Å²) in [5.74, 6) is 1.41. The highest BCUT2D eigenvalue weighted by Crippen LogP contribution is 2.32. The number of ether oxygens (including phenoxy) is 2. The number of rotatable bonds is 7. The lowest BCUT2D eigenvalue weighted by Gasteiger charge is -2.13. The number of hydrogen-bond donors (Lipinski definition) is 0. The molecule has 0 unspecified atom stereocenters. The van der Waals surface area contributed by atoms with Gasteiger partial charge in [0.05, 0.1) is 18.6 Å². The zero-order chi connectivity index (χ0) is 20.9. The number of fused-ring (bicyclic) bond motifs is 1. The Labute approximate surface area is 179 Å². The van der Waals surface area contributed by atoms with Crippen molar-refractivity contribution in [3.8, 4) is 22.8 Å². The smallest absolute Gasteiger partial charge is 0.235 e. The van der Waals surface area contributed by atoms with E-state index in [2.05, 4.69) is 0 Å². The quantitative estimate of drug-likeness (QED) is 0.330. The van der Waals surface area contributed by atoms with Gasteiger partial charge in [-0.3, -0.25) is 4.79 Å². The van der Waals surface area contributed by atoms with Crippen LogP contribution in [0.2, 0.25) is 5.02 Å². The van der Waals surface area contributed by atoms with Crippen molar-refractivity contribution in [2.75, 3.05) is 13.2 Å². The Bertz CT molecular complexity index is 1200. The largest absolute Gasteiger partial charge is 0.493 e. The van der Waals surface area contributed by atoms with Gasteiger partial charge in [-0.2, -0.15) is 0 Å². The Hall–Kier alpha value is -3.24. The van der Waals surface area contributed by atoms with E-state index in [1.807, 2.05) is 67.6 Å². The van der Waals surface area contributed by atoms with Crippen LogP contribution in [0.15, 0.2) is 82.0 Å². The Kier molecular flexibility index (Phi) is 6.05. The summed E-state index contributed by atoms with van der Waals surface area (Å²) in [6.07, 6.45) is 0.620. The molecule has 4 nitrogen and oxygen atoms in total. The molecule has 4 aromatic rings. The summed E-state index contributed by atoms with van der Waals surface area (Å²) < 4.78 is 17.7. The van der Waals surface area contributed by atoms with Crippen LogP contribution in [0.4, 0.5) is 0 Å². The van der Waals surface area contributed by atoms with Crippen molar-refractivity contribution < 1.29 is 13.9 Å². The molecule has 0 amide bonds. The van der Waals surface area contributed by atoms with Crippen LogP contribution in [0.5, 0.6) is 11.5 Å². The molecule has 152 valence electrons. The SMILES string of the molecule is Cc1cc2oc(-c3ccccc3)c(OCCCOc3ccccc3)c(=O)c2cc1Cl. The molecular weight excluding hydrogens is 400 g/mol. The Balaban J connectivity index is 1.61. The number of halogens is 1. The molecule has 1 heterocycles. The van der Waals surface area contributed by atoms with E-state index in [0.717, 1.165) is 16.9 Å². The predicted octanol–water partition coefficient (Wildman–Crippen LogP) is 6.27. The molecule has 0 fully saturated rings. The number of benzene rings is 3. The molecule has 3 aromatic carbocycles. The fraction of sp³-hybridized carbons (Fsp3) is 0.160. The third-order valence-corrected chi connectivity index (χ3v) is 5.12. The van der Waals surface area contributed by atoms with Crippen molar-refractivity contribution in [2.45, 2.75) is 13.3 Å². The van der Waals surface area contributed by atoms with Crippen LogP contribution < -0.4 is 14.9 Å². The first-order valence-electron chi connectivity index (χ1n) is 9.76. The second-order valence-corrected chi connectivity index (χ2v) is 7.32. The second kappa shape index (κ2) is 9.06. The van der Waals surface area contributed by atoms with Crippen molar-refractivity contribution in [3.05, 3.63) is 93.6 Å². The van der Waals surface area contributed by atoms with Gasteiger partial charge in [0, 0.05) is 17.0 Å². The maximum Gasteiger partial charge on any atom is 0.235 e. The van der Waals surface area contributed by atoms with Gasteiger partial charge in [0.2, 0.25) is 11.2 Å². The maximum absolute atomic E-state index is 13.2. The summed E-state index contributed by atoms with van der Waals surface area (Å²) in [6, 6.07) is 22.5. The van der Waals surface area contributed by atoms with Gasteiger partial charge in [-0.1, -0.05) is 60.1 Å². The lowest BCUT2D eigenvalue weighted by molar-refractivity contribution is 0.244. The third-order valence-electron chi connectivity index (χ3n) is 4.71. The molecule has 0 atom stereocenters. The summed E-state index contributed by atoms with van der Waals surface area (Å²) in [5.41, 5.74) is 1.87. The van der Waals surface area contributed by atoms with E-state index in [1.165, 1.54) is 0 Å². The van der Waals surface area contributed by atoms with Crippen molar-refractivity contribution in [1.29, 1.82) is 0 Å². The molecule has 0 aliphatic heterocycles. The minimum Gasteiger partial charge on any atom is -0.493 e. The molecular formula is C25H21ClO4. The topological polar surface area (TPSA) is 48.7 Å². The van der Waals surface area contributed by atoms with Gasteiger partial charge in [0.15, 0.2) is 5.76 Å². The van der Waals surface area contributed by atoms with Crippen LogP contribution in [0.25, 0.3) is 22.3 Å². The van der Waals surface area contributed by atoms with E-state index in [1.54, 1.807) is 12.1 Å².